The van der Waals surface area contributed by atoms with Gasteiger partial charge in [0.2, 0.25) is 0 Å². The fourth-order valence-corrected chi connectivity index (χ4v) is 3.98. The van der Waals surface area contributed by atoms with Gasteiger partial charge in [0.05, 0.1) is 22.8 Å². The summed E-state index contributed by atoms with van der Waals surface area (Å²) in [5.41, 5.74) is 9.73. The number of pyridine rings is 2. The lowest BCUT2D eigenvalue weighted by atomic mass is 9.98. The Bertz CT molecular complexity index is 1120. The summed E-state index contributed by atoms with van der Waals surface area (Å²) in [5, 5.41) is 15.0. The Morgan fingerprint density at radius 1 is 0.562 bits per heavy atom. The second-order valence-corrected chi connectivity index (χ2v) is 9.56. The van der Waals surface area contributed by atoms with Gasteiger partial charge in [-0.2, -0.15) is 10.2 Å². The SMILES string of the molecule is Cc1cc(-c2cc(CC(C)C)cc(-c3cc(CC(C)C)cc(-c4cc(C)[nH]n4)n3)n2)n[nH]1. The molecular weight excluding hydrogens is 396 g/mol. The quantitative estimate of drug-likeness (QED) is 0.382. The number of hydrogen-bond acceptors (Lipinski definition) is 4. The molecule has 4 heterocycles. The van der Waals surface area contributed by atoms with Crippen LogP contribution >= 0.6 is 0 Å². The van der Waals surface area contributed by atoms with E-state index in [0.29, 0.717) is 11.8 Å². The van der Waals surface area contributed by atoms with E-state index < -0.39 is 0 Å². The molecule has 166 valence electrons. The van der Waals surface area contributed by atoms with Crippen LogP contribution in [0.1, 0.15) is 50.2 Å². The van der Waals surface area contributed by atoms with Gasteiger partial charge in [-0.25, -0.2) is 9.97 Å². The molecule has 0 atom stereocenters. The van der Waals surface area contributed by atoms with E-state index in [-0.39, 0.29) is 0 Å². The highest BCUT2D eigenvalue weighted by Gasteiger charge is 2.15. The van der Waals surface area contributed by atoms with E-state index in [9.17, 15) is 0 Å². The molecule has 4 rings (SSSR count). The highest BCUT2D eigenvalue weighted by molar-refractivity contribution is 5.67. The minimum Gasteiger partial charge on any atom is -0.282 e. The van der Waals surface area contributed by atoms with E-state index in [0.717, 1.165) is 58.4 Å². The number of rotatable bonds is 7. The molecule has 0 aliphatic carbocycles. The number of nitrogens with zero attached hydrogens (tertiary/aromatic N) is 4. The first kappa shape index (κ1) is 21.9. The van der Waals surface area contributed by atoms with Crippen LogP contribution in [0, 0.1) is 25.7 Å². The normalized spacial score (nSPS) is 11.6. The van der Waals surface area contributed by atoms with E-state index in [1.54, 1.807) is 0 Å². The summed E-state index contributed by atoms with van der Waals surface area (Å²) in [6.45, 7) is 12.9. The molecule has 0 aliphatic heterocycles. The first-order chi connectivity index (χ1) is 15.3. The second-order valence-electron chi connectivity index (χ2n) is 9.56. The Kier molecular flexibility index (Phi) is 6.21. The van der Waals surface area contributed by atoms with Crippen molar-refractivity contribution in [3.8, 4) is 34.2 Å². The van der Waals surface area contributed by atoms with Gasteiger partial charge in [0.15, 0.2) is 0 Å². The average Bonchev–Trinajstić information content (AvgIpc) is 3.35. The fourth-order valence-electron chi connectivity index (χ4n) is 3.98. The Morgan fingerprint density at radius 2 is 0.906 bits per heavy atom. The summed E-state index contributed by atoms with van der Waals surface area (Å²) < 4.78 is 0. The fraction of sp³-hybridized carbons (Fsp3) is 0.385. The number of aromatic nitrogens is 6. The van der Waals surface area contributed by atoms with Crippen molar-refractivity contribution in [3.05, 3.63) is 58.9 Å². The molecule has 6 heteroatoms. The first-order valence-corrected chi connectivity index (χ1v) is 11.3. The molecule has 0 saturated carbocycles. The van der Waals surface area contributed by atoms with Gasteiger partial charge in [0.1, 0.15) is 11.4 Å². The topological polar surface area (TPSA) is 83.1 Å². The molecule has 4 aromatic rings. The van der Waals surface area contributed by atoms with Gasteiger partial charge in [-0.3, -0.25) is 10.2 Å². The molecule has 32 heavy (non-hydrogen) atoms. The molecule has 0 radical (unpaired) electrons. The van der Waals surface area contributed by atoms with Crippen LogP contribution in [0.4, 0.5) is 0 Å². The van der Waals surface area contributed by atoms with E-state index in [4.69, 9.17) is 9.97 Å². The largest absolute Gasteiger partial charge is 0.282 e. The van der Waals surface area contributed by atoms with Crippen molar-refractivity contribution >= 4 is 0 Å². The van der Waals surface area contributed by atoms with Crippen LogP contribution in [-0.4, -0.2) is 30.4 Å². The van der Waals surface area contributed by atoms with Crippen molar-refractivity contribution < 1.29 is 0 Å². The molecule has 0 spiro atoms. The van der Waals surface area contributed by atoms with Crippen LogP contribution in [0.3, 0.4) is 0 Å². The van der Waals surface area contributed by atoms with Gasteiger partial charge in [-0.05, 0) is 86.1 Å². The number of aryl methyl sites for hydroxylation is 2. The Balaban J connectivity index is 1.86. The maximum atomic E-state index is 4.98. The van der Waals surface area contributed by atoms with E-state index in [2.05, 4.69) is 72.4 Å². The van der Waals surface area contributed by atoms with Gasteiger partial charge in [0, 0.05) is 11.4 Å². The summed E-state index contributed by atoms with van der Waals surface area (Å²) in [7, 11) is 0. The molecule has 0 unspecified atom stereocenters. The van der Waals surface area contributed by atoms with Crippen molar-refractivity contribution in [2.24, 2.45) is 11.8 Å². The van der Waals surface area contributed by atoms with E-state index >= 15 is 0 Å². The smallest absolute Gasteiger partial charge is 0.111 e. The molecule has 6 nitrogen and oxygen atoms in total. The third-order valence-electron chi connectivity index (χ3n) is 5.26. The van der Waals surface area contributed by atoms with Crippen molar-refractivity contribution in [1.29, 1.82) is 0 Å². The summed E-state index contributed by atoms with van der Waals surface area (Å²) in [6.07, 6.45) is 1.95. The summed E-state index contributed by atoms with van der Waals surface area (Å²) in [5.74, 6) is 1.09. The molecule has 0 aliphatic rings. The second kappa shape index (κ2) is 9.07. The molecule has 0 aromatic carbocycles. The summed E-state index contributed by atoms with van der Waals surface area (Å²) in [6, 6.07) is 12.7. The van der Waals surface area contributed by atoms with Crippen molar-refractivity contribution in [1.82, 2.24) is 30.4 Å². The van der Waals surface area contributed by atoms with Crippen molar-refractivity contribution in [3.63, 3.8) is 0 Å². The van der Waals surface area contributed by atoms with Crippen molar-refractivity contribution in [2.75, 3.05) is 0 Å². The van der Waals surface area contributed by atoms with Gasteiger partial charge in [-0.1, -0.05) is 27.7 Å². The number of H-pyrrole nitrogens is 2. The average molecular weight is 429 g/mol. The lowest BCUT2D eigenvalue weighted by Gasteiger charge is -2.13. The lowest BCUT2D eigenvalue weighted by Crippen LogP contribution is -2.01. The van der Waals surface area contributed by atoms with Crippen LogP contribution < -0.4 is 0 Å². The van der Waals surface area contributed by atoms with E-state index in [1.807, 2.05) is 26.0 Å². The number of nitrogens with one attached hydrogen (secondary N) is 2. The Hall–Kier alpha value is -3.28. The number of hydrogen-bond donors (Lipinski definition) is 2. The van der Waals surface area contributed by atoms with Gasteiger partial charge in [-0.15, -0.1) is 0 Å². The van der Waals surface area contributed by atoms with Gasteiger partial charge >= 0.3 is 0 Å². The third-order valence-corrected chi connectivity index (χ3v) is 5.26. The maximum absolute atomic E-state index is 4.98. The van der Waals surface area contributed by atoms with Gasteiger partial charge in [0.25, 0.3) is 0 Å². The zero-order valence-corrected chi connectivity index (χ0v) is 19.8. The maximum Gasteiger partial charge on any atom is 0.111 e. The minimum atomic E-state index is 0.543. The first-order valence-electron chi connectivity index (χ1n) is 11.3. The zero-order chi connectivity index (χ0) is 22.8. The molecule has 4 aromatic heterocycles. The minimum absolute atomic E-state index is 0.543. The highest BCUT2D eigenvalue weighted by atomic mass is 15.1. The Labute approximate surface area is 189 Å². The van der Waals surface area contributed by atoms with Crippen LogP contribution in [-0.2, 0) is 12.8 Å². The van der Waals surface area contributed by atoms with Crippen LogP contribution in [0.25, 0.3) is 34.2 Å². The molecule has 0 bridgehead atoms. The summed E-state index contributed by atoms with van der Waals surface area (Å²) in [4.78, 5) is 9.96. The van der Waals surface area contributed by atoms with Gasteiger partial charge < -0.3 is 0 Å². The molecule has 2 N–H and O–H groups in total. The van der Waals surface area contributed by atoms with Crippen LogP contribution in [0.15, 0.2) is 36.4 Å². The zero-order valence-electron chi connectivity index (χ0n) is 19.8. The monoisotopic (exact) mass is 428 g/mol. The number of aromatic amines is 2. The van der Waals surface area contributed by atoms with Crippen molar-refractivity contribution in [2.45, 2.75) is 54.4 Å². The molecule has 0 saturated heterocycles. The predicted molar refractivity (Wildman–Crippen MR) is 129 cm³/mol. The third kappa shape index (κ3) is 5.13. The highest BCUT2D eigenvalue weighted by Crippen LogP contribution is 2.28. The Morgan fingerprint density at radius 3 is 1.19 bits per heavy atom. The standard InChI is InChI=1S/C26H32N6/c1-15(2)7-19-11-21(27-23(13-19)25-9-17(5)29-31-25)22-12-20(8-16(3)4)14-24(28-22)26-10-18(6)30-32-26/h9-16H,7-8H2,1-6H3,(H,29,31)(H,30,32). The van der Waals surface area contributed by atoms with Crippen LogP contribution in [0.5, 0.6) is 0 Å². The van der Waals surface area contributed by atoms with Crippen LogP contribution in [0.2, 0.25) is 0 Å². The molecule has 0 amide bonds. The molecule has 0 fully saturated rings. The predicted octanol–water partition coefficient (Wildman–Crippen LogP) is 5.94. The van der Waals surface area contributed by atoms with E-state index in [1.165, 1.54) is 11.1 Å². The summed E-state index contributed by atoms with van der Waals surface area (Å²) >= 11 is 0. The molecular formula is C26H32N6. The lowest BCUT2D eigenvalue weighted by molar-refractivity contribution is 0.646.